The van der Waals surface area contributed by atoms with Crippen LogP contribution in [-0.4, -0.2) is 22.3 Å². The van der Waals surface area contributed by atoms with Crippen LogP contribution < -0.4 is 0 Å². The predicted molar refractivity (Wildman–Crippen MR) is 107 cm³/mol. The van der Waals surface area contributed by atoms with E-state index in [0.29, 0.717) is 6.42 Å². The maximum Gasteiger partial charge on any atom is 0.303 e. The quantitative estimate of drug-likeness (QED) is 0.226. The minimum Gasteiger partial charge on any atom is -0.481 e. The average molecular weight is 347 g/mol. The summed E-state index contributed by atoms with van der Waals surface area (Å²) in [4.78, 5) is 10.4. The zero-order valence-electron chi connectivity index (χ0n) is 15.5. The first kappa shape index (κ1) is 23.1. The lowest BCUT2D eigenvalue weighted by Crippen LogP contribution is -1.98. The predicted octanol–water partition coefficient (Wildman–Crippen LogP) is 5.74. The van der Waals surface area contributed by atoms with Crippen LogP contribution in [0.4, 0.5) is 0 Å². The normalized spacial score (nSPS) is 14.0. The fraction of sp³-hybridized carbons (Fsp3) is 0.500. The molecule has 0 amide bonds. The van der Waals surface area contributed by atoms with E-state index in [1.807, 2.05) is 18.2 Å². The van der Waals surface area contributed by atoms with E-state index < -0.39 is 12.1 Å². The van der Waals surface area contributed by atoms with Crippen LogP contribution in [0.5, 0.6) is 0 Å². The SMILES string of the molecule is CCC=CC=CC(O)CC=CCC=CCC=CCCCCCC(=O)O. The minimum absolute atomic E-state index is 0.281. The van der Waals surface area contributed by atoms with Crippen molar-refractivity contribution in [2.24, 2.45) is 0 Å². The largest absolute Gasteiger partial charge is 0.481 e. The average Bonchev–Trinajstić information content (AvgIpc) is 2.58. The summed E-state index contributed by atoms with van der Waals surface area (Å²) < 4.78 is 0. The number of aliphatic hydroxyl groups excluding tert-OH is 1. The molecule has 25 heavy (non-hydrogen) atoms. The highest BCUT2D eigenvalue weighted by atomic mass is 16.4. The van der Waals surface area contributed by atoms with Crippen molar-refractivity contribution in [2.75, 3.05) is 0 Å². The Kier molecular flexibility index (Phi) is 17.1. The lowest BCUT2D eigenvalue weighted by atomic mass is 10.1. The van der Waals surface area contributed by atoms with Crippen LogP contribution in [0, 0.1) is 0 Å². The van der Waals surface area contributed by atoms with Gasteiger partial charge in [-0.1, -0.05) is 74.1 Å². The number of rotatable bonds is 15. The van der Waals surface area contributed by atoms with Crippen molar-refractivity contribution in [3.8, 4) is 0 Å². The monoisotopic (exact) mass is 346 g/mol. The Hall–Kier alpha value is -1.87. The summed E-state index contributed by atoms with van der Waals surface area (Å²) in [5.41, 5.74) is 0. The Balaban J connectivity index is 3.55. The molecule has 2 N–H and O–H groups in total. The van der Waals surface area contributed by atoms with Gasteiger partial charge in [-0.05, 0) is 44.9 Å². The highest BCUT2D eigenvalue weighted by Gasteiger charge is 1.95. The first-order chi connectivity index (χ1) is 12.2. The summed E-state index contributed by atoms with van der Waals surface area (Å²) in [6.45, 7) is 2.08. The number of aliphatic hydroxyl groups is 1. The van der Waals surface area contributed by atoms with Crippen LogP contribution in [0.25, 0.3) is 0 Å². The number of unbranched alkanes of at least 4 members (excludes halogenated alkanes) is 3. The van der Waals surface area contributed by atoms with E-state index in [-0.39, 0.29) is 6.42 Å². The minimum atomic E-state index is -0.704. The standard InChI is InChI=1S/C22H34O3/c1-2-3-4-15-18-21(23)19-16-13-11-9-7-5-6-8-10-12-14-17-20-22(24)25/h3-4,6-9,13,15-16,18,21,23H,2,5,10-12,14,17,19-20H2,1H3,(H,24,25). The number of hydrogen-bond donors (Lipinski definition) is 2. The van der Waals surface area contributed by atoms with E-state index in [0.717, 1.165) is 44.9 Å². The lowest BCUT2D eigenvalue weighted by molar-refractivity contribution is -0.137. The van der Waals surface area contributed by atoms with Gasteiger partial charge in [0.15, 0.2) is 0 Å². The summed E-state index contributed by atoms with van der Waals surface area (Å²) in [7, 11) is 0. The van der Waals surface area contributed by atoms with Crippen LogP contribution >= 0.6 is 0 Å². The Morgan fingerprint density at radius 2 is 1.56 bits per heavy atom. The van der Waals surface area contributed by atoms with Gasteiger partial charge in [-0.3, -0.25) is 4.79 Å². The van der Waals surface area contributed by atoms with Crippen molar-refractivity contribution < 1.29 is 15.0 Å². The zero-order chi connectivity index (χ0) is 18.6. The summed E-state index contributed by atoms with van der Waals surface area (Å²) in [6.07, 6.45) is 27.5. The summed E-state index contributed by atoms with van der Waals surface area (Å²) in [5.74, 6) is -0.704. The topological polar surface area (TPSA) is 57.5 Å². The van der Waals surface area contributed by atoms with Gasteiger partial charge in [-0.2, -0.15) is 0 Å². The van der Waals surface area contributed by atoms with Crippen molar-refractivity contribution >= 4 is 5.97 Å². The van der Waals surface area contributed by atoms with Gasteiger partial charge in [0, 0.05) is 6.42 Å². The first-order valence-electron chi connectivity index (χ1n) is 9.35. The van der Waals surface area contributed by atoms with Gasteiger partial charge >= 0.3 is 5.97 Å². The number of carboxylic acid groups (broad SMARTS) is 1. The van der Waals surface area contributed by atoms with Crippen molar-refractivity contribution in [1.82, 2.24) is 0 Å². The molecule has 0 saturated heterocycles. The molecule has 3 heteroatoms. The van der Waals surface area contributed by atoms with Crippen LogP contribution in [0.3, 0.4) is 0 Å². The molecule has 0 heterocycles. The third-order valence-corrected chi connectivity index (χ3v) is 3.50. The second-order valence-corrected chi connectivity index (χ2v) is 5.90. The maximum absolute atomic E-state index is 10.4. The van der Waals surface area contributed by atoms with Crippen LogP contribution in [0.2, 0.25) is 0 Å². The van der Waals surface area contributed by atoms with E-state index >= 15 is 0 Å². The molecular formula is C22H34O3. The molecule has 0 spiro atoms. The van der Waals surface area contributed by atoms with Crippen molar-refractivity contribution in [3.05, 3.63) is 60.8 Å². The fourth-order valence-corrected chi connectivity index (χ4v) is 2.10. The van der Waals surface area contributed by atoms with Gasteiger partial charge < -0.3 is 10.2 Å². The van der Waals surface area contributed by atoms with Gasteiger partial charge in [0.2, 0.25) is 0 Å². The van der Waals surface area contributed by atoms with Gasteiger partial charge in [0.1, 0.15) is 0 Å². The number of aliphatic carboxylic acids is 1. The highest BCUT2D eigenvalue weighted by molar-refractivity contribution is 5.66. The molecule has 3 nitrogen and oxygen atoms in total. The van der Waals surface area contributed by atoms with Crippen molar-refractivity contribution in [3.63, 3.8) is 0 Å². The zero-order valence-corrected chi connectivity index (χ0v) is 15.5. The molecule has 1 unspecified atom stereocenters. The lowest BCUT2D eigenvalue weighted by Gasteiger charge is -1.98. The van der Waals surface area contributed by atoms with Gasteiger partial charge in [-0.15, -0.1) is 0 Å². The fourth-order valence-electron chi connectivity index (χ4n) is 2.10. The highest BCUT2D eigenvalue weighted by Crippen LogP contribution is 2.04. The van der Waals surface area contributed by atoms with Crippen LogP contribution in [0.1, 0.15) is 64.7 Å². The molecule has 0 rings (SSSR count). The van der Waals surface area contributed by atoms with Gasteiger partial charge in [-0.25, -0.2) is 0 Å². The number of carbonyl (C=O) groups is 1. The number of allylic oxidation sites excluding steroid dienone is 8. The van der Waals surface area contributed by atoms with Crippen molar-refractivity contribution in [2.45, 2.75) is 70.8 Å². The summed E-state index contributed by atoms with van der Waals surface area (Å²) in [5, 5.41) is 18.3. The van der Waals surface area contributed by atoms with Gasteiger partial charge in [0.25, 0.3) is 0 Å². The van der Waals surface area contributed by atoms with Crippen LogP contribution in [0.15, 0.2) is 60.8 Å². The molecule has 0 saturated carbocycles. The molecule has 0 fully saturated rings. The second kappa shape index (κ2) is 18.5. The Morgan fingerprint density at radius 1 is 0.880 bits per heavy atom. The van der Waals surface area contributed by atoms with Crippen LogP contribution in [-0.2, 0) is 4.79 Å². The van der Waals surface area contributed by atoms with E-state index in [2.05, 4.69) is 43.4 Å². The van der Waals surface area contributed by atoms with E-state index in [1.165, 1.54) is 0 Å². The van der Waals surface area contributed by atoms with E-state index in [4.69, 9.17) is 5.11 Å². The molecule has 0 aliphatic carbocycles. The Labute approximate surface area is 153 Å². The summed E-state index contributed by atoms with van der Waals surface area (Å²) >= 11 is 0. The molecule has 0 aliphatic heterocycles. The summed E-state index contributed by atoms with van der Waals surface area (Å²) in [6, 6.07) is 0. The number of carboxylic acids is 1. The molecule has 0 aliphatic rings. The smallest absolute Gasteiger partial charge is 0.303 e. The van der Waals surface area contributed by atoms with E-state index in [1.54, 1.807) is 6.08 Å². The molecule has 0 radical (unpaired) electrons. The number of hydrogen-bond acceptors (Lipinski definition) is 2. The second-order valence-electron chi connectivity index (χ2n) is 5.90. The van der Waals surface area contributed by atoms with Crippen molar-refractivity contribution in [1.29, 1.82) is 0 Å². The molecule has 0 bridgehead atoms. The molecule has 0 aromatic heterocycles. The molecule has 1 atom stereocenters. The van der Waals surface area contributed by atoms with E-state index in [9.17, 15) is 9.90 Å². The van der Waals surface area contributed by atoms with Gasteiger partial charge in [0.05, 0.1) is 6.10 Å². The molecule has 0 aromatic carbocycles. The first-order valence-corrected chi connectivity index (χ1v) is 9.35. The molecule has 140 valence electrons. The Morgan fingerprint density at radius 3 is 2.24 bits per heavy atom. The third-order valence-electron chi connectivity index (χ3n) is 3.50. The maximum atomic E-state index is 10.4. The third kappa shape index (κ3) is 20.1. The molecular weight excluding hydrogens is 312 g/mol. The Bertz CT molecular complexity index is 456. The molecule has 0 aromatic rings.